The predicted molar refractivity (Wildman–Crippen MR) is 125 cm³/mol. The van der Waals surface area contributed by atoms with Crippen LogP contribution in [-0.2, 0) is 10.2 Å². The molecule has 3 aromatic carbocycles. The van der Waals surface area contributed by atoms with Gasteiger partial charge in [-0.2, -0.15) is 0 Å². The number of para-hydroxylation sites is 2. The Bertz CT molecular complexity index is 1130. The number of anilines is 2. The number of carbonyl (C=O) groups excluding carboxylic acids is 2. The summed E-state index contributed by atoms with van der Waals surface area (Å²) in [6.45, 7) is 6.52. The lowest BCUT2D eigenvalue weighted by molar-refractivity contribution is -0.125. The Balaban J connectivity index is 1.39. The second kappa shape index (κ2) is 8.75. The molecule has 0 unspecified atom stereocenters. The molecule has 6 heteroatoms. The van der Waals surface area contributed by atoms with Crippen LogP contribution in [0.25, 0.3) is 0 Å². The molecule has 32 heavy (non-hydrogen) atoms. The smallest absolute Gasteiger partial charge is 0.269 e. The average molecular weight is 431 g/mol. The molecule has 6 nitrogen and oxygen atoms in total. The molecule has 0 saturated heterocycles. The zero-order valence-electron chi connectivity index (χ0n) is 18.3. The first-order valence-electron chi connectivity index (χ1n) is 10.5. The molecule has 2 N–H and O–H groups in total. The Labute approximate surface area is 187 Å². The summed E-state index contributed by atoms with van der Waals surface area (Å²) in [6, 6.07) is 21.8. The van der Waals surface area contributed by atoms with E-state index in [1.54, 1.807) is 36.4 Å². The van der Waals surface area contributed by atoms with Crippen molar-refractivity contribution in [3.8, 4) is 11.5 Å². The maximum Gasteiger partial charge on any atom is 0.269 e. The number of carbonyl (C=O) groups is 2. The van der Waals surface area contributed by atoms with Crippen molar-refractivity contribution in [2.75, 3.05) is 17.2 Å². The summed E-state index contributed by atoms with van der Waals surface area (Å²) < 4.78 is 11.4. The number of ether oxygens (including phenoxy) is 2. The van der Waals surface area contributed by atoms with E-state index in [4.69, 9.17) is 9.47 Å². The van der Waals surface area contributed by atoms with Gasteiger partial charge >= 0.3 is 0 Å². The third-order valence-corrected chi connectivity index (χ3v) is 5.20. The number of hydrogen-bond donors (Lipinski definition) is 2. The van der Waals surface area contributed by atoms with Crippen molar-refractivity contribution in [1.82, 2.24) is 0 Å². The van der Waals surface area contributed by atoms with E-state index in [9.17, 15) is 9.59 Å². The quantitative estimate of drug-likeness (QED) is 0.610. The number of nitrogens with one attached hydrogen (secondary N) is 2. The lowest BCUT2D eigenvalue weighted by Crippen LogP contribution is -2.40. The second-order valence-corrected chi connectivity index (χ2v) is 8.72. The Morgan fingerprint density at radius 1 is 0.844 bits per heavy atom. The average Bonchev–Trinajstić information content (AvgIpc) is 2.78. The van der Waals surface area contributed by atoms with Crippen LogP contribution < -0.4 is 20.1 Å². The van der Waals surface area contributed by atoms with Crippen LogP contribution in [0.15, 0.2) is 72.8 Å². The highest BCUT2D eigenvalue weighted by atomic mass is 16.6. The van der Waals surface area contributed by atoms with Crippen molar-refractivity contribution in [1.29, 1.82) is 0 Å². The fraction of sp³-hybridized carbons (Fsp3) is 0.231. The molecule has 164 valence electrons. The van der Waals surface area contributed by atoms with Gasteiger partial charge in [-0.1, -0.05) is 51.1 Å². The van der Waals surface area contributed by atoms with E-state index in [2.05, 4.69) is 31.4 Å². The van der Waals surface area contributed by atoms with Crippen molar-refractivity contribution in [2.45, 2.75) is 32.3 Å². The minimum absolute atomic E-state index is 0.0245. The van der Waals surface area contributed by atoms with Crippen LogP contribution in [0.3, 0.4) is 0 Å². The molecule has 0 aromatic heterocycles. The highest BCUT2D eigenvalue weighted by Gasteiger charge is 2.27. The lowest BCUT2D eigenvalue weighted by atomic mass is 9.87. The third-order valence-electron chi connectivity index (χ3n) is 5.20. The van der Waals surface area contributed by atoms with Gasteiger partial charge in [0.25, 0.3) is 11.8 Å². The molecule has 3 aromatic rings. The Morgan fingerprint density at radius 2 is 1.50 bits per heavy atom. The van der Waals surface area contributed by atoms with Gasteiger partial charge in [0.05, 0.1) is 0 Å². The number of rotatable bonds is 4. The number of fused-ring (bicyclic) bond motifs is 1. The Kier molecular flexibility index (Phi) is 5.86. The summed E-state index contributed by atoms with van der Waals surface area (Å²) in [5.41, 5.74) is 2.89. The molecule has 2 amide bonds. The second-order valence-electron chi connectivity index (χ2n) is 8.72. The lowest BCUT2D eigenvalue weighted by Gasteiger charge is -2.25. The summed E-state index contributed by atoms with van der Waals surface area (Å²) in [5, 5.41) is 5.70. The van der Waals surface area contributed by atoms with E-state index in [-0.39, 0.29) is 23.8 Å². The van der Waals surface area contributed by atoms with E-state index >= 15 is 0 Å². The molecule has 1 aliphatic heterocycles. The number of benzene rings is 3. The molecule has 0 radical (unpaired) electrons. The fourth-order valence-corrected chi connectivity index (χ4v) is 3.37. The van der Waals surface area contributed by atoms with Gasteiger partial charge in [-0.15, -0.1) is 0 Å². The van der Waals surface area contributed by atoms with Gasteiger partial charge in [0, 0.05) is 16.9 Å². The topological polar surface area (TPSA) is 76.7 Å². The van der Waals surface area contributed by atoms with Crippen molar-refractivity contribution in [2.24, 2.45) is 0 Å². The van der Waals surface area contributed by atoms with Crippen molar-refractivity contribution in [3.05, 3.63) is 83.9 Å². The normalized spacial score (nSPS) is 15.0. The van der Waals surface area contributed by atoms with Crippen LogP contribution in [0.4, 0.5) is 11.4 Å². The minimum Gasteiger partial charge on any atom is -0.485 e. The van der Waals surface area contributed by atoms with E-state index < -0.39 is 6.10 Å². The standard InChI is InChI=1S/C26H26N2O4/c1-26(2,3)18-13-11-17(12-14-18)24(29)27-19-7-6-8-20(15-19)28-25(30)23-16-31-21-9-4-5-10-22(21)32-23/h4-15,23H,16H2,1-3H3,(H,27,29)(H,28,30)/t23-/m1/s1. The number of hydrogen-bond acceptors (Lipinski definition) is 4. The maximum absolute atomic E-state index is 12.6. The van der Waals surface area contributed by atoms with Gasteiger partial charge in [-0.3, -0.25) is 9.59 Å². The van der Waals surface area contributed by atoms with Crippen LogP contribution in [0.5, 0.6) is 11.5 Å². The third kappa shape index (κ3) is 4.91. The first kappa shape index (κ1) is 21.4. The molecule has 1 atom stereocenters. The van der Waals surface area contributed by atoms with E-state index in [0.717, 1.165) is 5.56 Å². The molecule has 0 spiro atoms. The zero-order valence-corrected chi connectivity index (χ0v) is 18.3. The molecule has 0 fully saturated rings. The van der Waals surface area contributed by atoms with Crippen molar-refractivity contribution >= 4 is 23.2 Å². The summed E-state index contributed by atoms with van der Waals surface area (Å²) in [4.78, 5) is 25.3. The van der Waals surface area contributed by atoms with Crippen molar-refractivity contribution < 1.29 is 19.1 Å². The largest absolute Gasteiger partial charge is 0.485 e. The first-order valence-corrected chi connectivity index (χ1v) is 10.5. The SMILES string of the molecule is CC(C)(C)c1ccc(C(=O)Nc2cccc(NC(=O)[C@H]3COc4ccccc4O3)c2)cc1. The van der Waals surface area contributed by atoms with Crippen LogP contribution >= 0.6 is 0 Å². The minimum atomic E-state index is -0.760. The molecular weight excluding hydrogens is 404 g/mol. The van der Waals surface area contributed by atoms with Gasteiger partial charge in [0.1, 0.15) is 6.61 Å². The zero-order chi connectivity index (χ0) is 22.7. The molecule has 0 bridgehead atoms. The van der Waals surface area contributed by atoms with E-state index in [1.807, 2.05) is 36.4 Å². The molecule has 4 rings (SSSR count). The van der Waals surface area contributed by atoms with Crippen molar-refractivity contribution in [3.63, 3.8) is 0 Å². The number of amides is 2. The summed E-state index contributed by atoms with van der Waals surface area (Å²) in [7, 11) is 0. The van der Waals surface area contributed by atoms with Crippen LogP contribution in [0.2, 0.25) is 0 Å². The van der Waals surface area contributed by atoms with E-state index in [0.29, 0.717) is 28.4 Å². The molecular formula is C26H26N2O4. The summed E-state index contributed by atoms with van der Waals surface area (Å²) >= 11 is 0. The predicted octanol–water partition coefficient (Wildman–Crippen LogP) is 5.01. The monoisotopic (exact) mass is 430 g/mol. The van der Waals surface area contributed by atoms with Gasteiger partial charge in [0.2, 0.25) is 6.10 Å². The van der Waals surface area contributed by atoms with Crippen LogP contribution in [-0.4, -0.2) is 24.5 Å². The van der Waals surface area contributed by atoms with Gasteiger partial charge in [0.15, 0.2) is 11.5 Å². The molecule has 1 aliphatic rings. The van der Waals surface area contributed by atoms with Gasteiger partial charge in [-0.25, -0.2) is 0 Å². The fourth-order valence-electron chi connectivity index (χ4n) is 3.37. The molecule has 0 saturated carbocycles. The summed E-state index contributed by atoms with van der Waals surface area (Å²) in [6.07, 6.45) is -0.760. The summed E-state index contributed by atoms with van der Waals surface area (Å²) in [5.74, 6) is 0.629. The van der Waals surface area contributed by atoms with Gasteiger partial charge < -0.3 is 20.1 Å². The highest BCUT2D eigenvalue weighted by molar-refractivity contribution is 6.04. The Hall–Kier alpha value is -3.80. The first-order chi connectivity index (χ1) is 15.3. The molecule has 0 aliphatic carbocycles. The highest BCUT2D eigenvalue weighted by Crippen LogP contribution is 2.31. The Morgan fingerprint density at radius 3 is 2.19 bits per heavy atom. The molecule has 1 heterocycles. The van der Waals surface area contributed by atoms with Crippen LogP contribution in [0, 0.1) is 0 Å². The maximum atomic E-state index is 12.6. The van der Waals surface area contributed by atoms with E-state index in [1.165, 1.54) is 0 Å². The van der Waals surface area contributed by atoms with Gasteiger partial charge in [-0.05, 0) is 53.4 Å². The van der Waals surface area contributed by atoms with Crippen LogP contribution in [0.1, 0.15) is 36.7 Å².